The second-order valence-electron chi connectivity index (χ2n) is 7.45. The first-order valence-electron chi connectivity index (χ1n) is 10.2. The van der Waals surface area contributed by atoms with Crippen LogP contribution in [0, 0.1) is 0 Å². The lowest BCUT2D eigenvalue weighted by atomic mass is 9.99. The zero-order valence-electron chi connectivity index (χ0n) is 17.8. The molecule has 9 nitrogen and oxygen atoms in total. The van der Waals surface area contributed by atoms with Crippen molar-refractivity contribution in [3.8, 4) is 17.2 Å². The molecule has 0 aliphatic carbocycles. The van der Waals surface area contributed by atoms with Crippen LogP contribution >= 0.6 is 0 Å². The van der Waals surface area contributed by atoms with E-state index >= 15 is 0 Å². The molecule has 1 aliphatic heterocycles. The monoisotopic (exact) mass is 458 g/mol. The molecule has 2 aromatic carbocycles. The van der Waals surface area contributed by atoms with Gasteiger partial charge in [-0.2, -0.15) is 0 Å². The number of benzene rings is 2. The second kappa shape index (κ2) is 11.0. The minimum atomic E-state index is -1.61. The molecule has 1 fully saturated rings. The van der Waals surface area contributed by atoms with Crippen LogP contribution in [0.25, 0.3) is 12.2 Å². The summed E-state index contributed by atoms with van der Waals surface area (Å²) >= 11 is 0. The van der Waals surface area contributed by atoms with E-state index in [1.165, 1.54) is 24.3 Å². The van der Waals surface area contributed by atoms with E-state index in [0.717, 1.165) is 5.56 Å². The Labute approximate surface area is 190 Å². The third-order valence-electron chi connectivity index (χ3n) is 4.89. The maximum atomic E-state index is 11.5. The predicted octanol–water partition coefficient (Wildman–Crippen LogP) is 1.57. The highest BCUT2D eigenvalue weighted by Crippen LogP contribution is 2.28. The zero-order valence-corrected chi connectivity index (χ0v) is 17.8. The van der Waals surface area contributed by atoms with E-state index in [1.807, 2.05) is 0 Å². The number of phenolic OH excluding ortho intramolecular Hbond substituents is 2. The first-order chi connectivity index (χ1) is 15.8. The van der Waals surface area contributed by atoms with Crippen molar-refractivity contribution in [3.05, 3.63) is 65.7 Å². The van der Waals surface area contributed by atoms with Crippen LogP contribution in [0.3, 0.4) is 0 Å². The van der Waals surface area contributed by atoms with Gasteiger partial charge in [-0.05, 0) is 42.3 Å². The molecule has 1 aliphatic rings. The van der Waals surface area contributed by atoms with E-state index in [-0.39, 0.29) is 23.9 Å². The number of ether oxygens (including phenoxy) is 3. The Balaban J connectivity index is 1.72. The number of phenols is 2. The number of hydrogen-bond acceptors (Lipinski definition) is 9. The minimum Gasteiger partial charge on any atom is -0.508 e. The topological polar surface area (TPSA) is 146 Å². The van der Waals surface area contributed by atoms with Crippen molar-refractivity contribution in [2.45, 2.75) is 37.6 Å². The van der Waals surface area contributed by atoms with Gasteiger partial charge in [-0.15, -0.1) is 0 Å². The van der Waals surface area contributed by atoms with Crippen molar-refractivity contribution in [3.63, 3.8) is 0 Å². The van der Waals surface area contributed by atoms with Crippen LogP contribution in [-0.2, 0) is 14.3 Å². The molecule has 0 spiro atoms. The van der Waals surface area contributed by atoms with Gasteiger partial charge in [-0.3, -0.25) is 0 Å². The maximum absolute atomic E-state index is 11.5. The Bertz CT molecular complexity index is 999. The minimum absolute atomic E-state index is 0.111. The van der Waals surface area contributed by atoms with Crippen LogP contribution in [-0.4, -0.2) is 68.8 Å². The smallest absolute Gasteiger partial charge is 0.330 e. The molecule has 0 unspecified atom stereocenters. The highest BCUT2D eigenvalue weighted by Gasteiger charge is 2.45. The second-order valence-corrected chi connectivity index (χ2v) is 7.45. The number of carbonyl (C=O) groups excluding carboxylic acids is 1. The average Bonchev–Trinajstić information content (AvgIpc) is 2.78. The summed E-state index contributed by atoms with van der Waals surface area (Å²) in [5, 5.41) is 50.0. The van der Waals surface area contributed by atoms with Gasteiger partial charge in [-0.1, -0.05) is 30.4 Å². The molecule has 3 rings (SSSR count). The third-order valence-corrected chi connectivity index (χ3v) is 4.89. The van der Waals surface area contributed by atoms with Crippen LogP contribution in [0.15, 0.2) is 54.6 Å². The van der Waals surface area contributed by atoms with Crippen molar-refractivity contribution in [2.24, 2.45) is 0 Å². The highest BCUT2D eigenvalue weighted by molar-refractivity contribution is 5.81. The number of hydrogen-bond donors (Lipinski definition) is 5. The van der Waals surface area contributed by atoms with Gasteiger partial charge in [0, 0.05) is 12.1 Å². The van der Waals surface area contributed by atoms with Crippen molar-refractivity contribution in [1.29, 1.82) is 0 Å². The van der Waals surface area contributed by atoms with Gasteiger partial charge in [0.2, 0.25) is 6.29 Å². The number of rotatable bonds is 7. The Hall–Kier alpha value is -3.37. The summed E-state index contributed by atoms with van der Waals surface area (Å²) in [6, 6.07) is 10.9. The van der Waals surface area contributed by atoms with E-state index in [2.05, 4.69) is 0 Å². The summed E-state index contributed by atoms with van der Waals surface area (Å²) in [5.41, 5.74) is 1.39. The molecule has 1 saturated heterocycles. The Morgan fingerprint density at radius 1 is 0.939 bits per heavy atom. The number of aliphatic hydroxyl groups is 3. The number of allylic oxidation sites excluding steroid dienone is 1. The molecule has 1 heterocycles. The predicted molar refractivity (Wildman–Crippen MR) is 118 cm³/mol. The van der Waals surface area contributed by atoms with Gasteiger partial charge in [0.25, 0.3) is 0 Å². The van der Waals surface area contributed by atoms with E-state index in [1.54, 1.807) is 49.4 Å². The first kappa shape index (κ1) is 24.3. The van der Waals surface area contributed by atoms with Crippen molar-refractivity contribution in [2.75, 3.05) is 6.61 Å². The fourth-order valence-electron chi connectivity index (χ4n) is 3.18. The molecular weight excluding hydrogens is 432 g/mol. The lowest BCUT2D eigenvalue weighted by molar-refractivity contribution is -0.278. The van der Waals surface area contributed by atoms with Gasteiger partial charge >= 0.3 is 5.97 Å². The number of esters is 1. The van der Waals surface area contributed by atoms with Crippen LogP contribution in [0.2, 0.25) is 0 Å². The number of carbonyl (C=O) groups is 1. The Morgan fingerprint density at radius 3 is 2.33 bits per heavy atom. The lowest BCUT2D eigenvalue weighted by Crippen LogP contribution is -2.60. The zero-order chi connectivity index (χ0) is 24.0. The number of aromatic hydroxyl groups is 2. The van der Waals surface area contributed by atoms with Crippen LogP contribution < -0.4 is 4.74 Å². The maximum Gasteiger partial charge on any atom is 0.330 e. The quantitative estimate of drug-likeness (QED) is 0.237. The Morgan fingerprint density at radius 2 is 1.64 bits per heavy atom. The molecule has 0 saturated carbocycles. The van der Waals surface area contributed by atoms with E-state index < -0.39 is 36.7 Å². The van der Waals surface area contributed by atoms with E-state index in [9.17, 15) is 30.3 Å². The molecule has 0 aromatic heterocycles. The average molecular weight is 458 g/mol. The SMILES string of the molecule is C/C=C/C(=O)OC[C@H]1O[C@@H](Oc2cc(O)cc(/C=C/c3ccc(O)cc3)c2)[C@H](O)[C@@H](O)[C@@H]1O. The fourth-order valence-corrected chi connectivity index (χ4v) is 3.18. The summed E-state index contributed by atoms with van der Waals surface area (Å²) in [4.78, 5) is 11.5. The highest BCUT2D eigenvalue weighted by atomic mass is 16.7. The lowest BCUT2D eigenvalue weighted by Gasteiger charge is -2.39. The van der Waals surface area contributed by atoms with Crippen LogP contribution in [0.4, 0.5) is 0 Å². The number of aliphatic hydroxyl groups excluding tert-OH is 3. The molecule has 0 bridgehead atoms. The van der Waals surface area contributed by atoms with E-state index in [4.69, 9.17) is 14.2 Å². The normalized spacial score (nSPS) is 25.4. The fraction of sp³-hybridized carbons (Fsp3) is 0.292. The molecule has 0 amide bonds. The van der Waals surface area contributed by atoms with Crippen molar-refractivity contribution < 1.29 is 44.5 Å². The molecule has 176 valence electrons. The van der Waals surface area contributed by atoms with Gasteiger partial charge in [-0.25, -0.2) is 4.79 Å². The summed E-state index contributed by atoms with van der Waals surface area (Å²) in [6.45, 7) is 1.27. The molecule has 5 atom stereocenters. The third kappa shape index (κ3) is 6.56. The molecular formula is C24H26O9. The molecule has 33 heavy (non-hydrogen) atoms. The largest absolute Gasteiger partial charge is 0.508 e. The molecule has 9 heteroatoms. The molecule has 5 N–H and O–H groups in total. The summed E-state index contributed by atoms with van der Waals surface area (Å²) in [5.74, 6) is -0.476. The van der Waals surface area contributed by atoms with Crippen LogP contribution in [0.5, 0.6) is 17.2 Å². The van der Waals surface area contributed by atoms with Gasteiger partial charge < -0.3 is 39.7 Å². The van der Waals surface area contributed by atoms with Gasteiger partial charge in [0.15, 0.2) is 0 Å². The van der Waals surface area contributed by atoms with Crippen LogP contribution in [0.1, 0.15) is 18.1 Å². The van der Waals surface area contributed by atoms with Gasteiger partial charge in [0.1, 0.15) is 48.3 Å². The Kier molecular flexibility index (Phi) is 8.07. The van der Waals surface area contributed by atoms with E-state index in [0.29, 0.717) is 5.56 Å². The summed E-state index contributed by atoms with van der Waals surface area (Å²) in [6.07, 6.45) is -1.11. The van der Waals surface area contributed by atoms with Gasteiger partial charge in [0.05, 0.1) is 0 Å². The standard InChI is InChI=1S/C24H26O9/c1-2-3-20(27)31-13-19-21(28)22(29)23(30)24(33-19)32-18-11-15(10-17(26)12-18)5-4-14-6-8-16(25)9-7-14/h2-12,19,21-26,28-30H,13H2,1H3/b3-2+,5-4+/t19-,21-,22+,23-,24-/m1/s1. The summed E-state index contributed by atoms with van der Waals surface area (Å²) in [7, 11) is 0. The molecule has 2 aromatic rings. The molecule has 0 radical (unpaired) electrons. The van der Waals surface area contributed by atoms with Crippen molar-refractivity contribution >= 4 is 18.1 Å². The first-order valence-corrected chi connectivity index (χ1v) is 10.2. The van der Waals surface area contributed by atoms with Crippen molar-refractivity contribution in [1.82, 2.24) is 0 Å². The summed E-state index contributed by atoms with van der Waals surface area (Å²) < 4.78 is 16.1.